The summed E-state index contributed by atoms with van der Waals surface area (Å²) in [5.74, 6) is 0.0182. The van der Waals surface area contributed by atoms with Gasteiger partial charge in [-0.15, -0.1) is 0 Å². The van der Waals surface area contributed by atoms with Gasteiger partial charge >= 0.3 is 0 Å². The summed E-state index contributed by atoms with van der Waals surface area (Å²) in [5.41, 5.74) is 0.757. The molecule has 6 heteroatoms. The summed E-state index contributed by atoms with van der Waals surface area (Å²) in [4.78, 5) is 7.76. The summed E-state index contributed by atoms with van der Waals surface area (Å²) in [5, 5.41) is 5.64. The molecule has 0 aliphatic heterocycles. The zero-order chi connectivity index (χ0) is 12.3. The smallest absolute Gasteiger partial charge is 0.224 e. The molecule has 0 bridgehead atoms. The van der Waals surface area contributed by atoms with Crippen molar-refractivity contribution in [2.45, 2.75) is 0 Å². The van der Waals surface area contributed by atoms with Crippen LogP contribution in [0.15, 0.2) is 34.9 Å². The van der Waals surface area contributed by atoms with Gasteiger partial charge < -0.3 is 10.6 Å². The van der Waals surface area contributed by atoms with Crippen molar-refractivity contribution >= 4 is 33.4 Å². The number of anilines is 3. The van der Waals surface area contributed by atoms with Crippen molar-refractivity contribution in [3.05, 3.63) is 40.8 Å². The Morgan fingerprint density at radius 2 is 1.94 bits per heavy atom. The Labute approximate surface area is 106 Å². The van der Waals surface area contributed by atoms with Gasteiger partial charge in [0.15, 0.2) is 11.6 Å². The second-order valence-electron chi connectivity index (χ2n) is 3.27. The molecule has 4 nitrogen and oxygen atoms in total. The Hall–Kier alpha value is -1.69. The summed E-state index contributed by atoms with van der Waals surface area (Å²) in [6.07, 6.45) is 1.13. The maximum absolute atomic E-state index is 13.4. The lowest BCUT2D eigenvalue weighted by atomic mass is 10.3. The molecule has 0 amide bonds. The molecule has 0 fully saturated rings. The molecule has 0 atom stereocenters. The zero-order valence-electron chi connectivity index (χ0n) is 9.04. The molecule has 1 aromatic heterocycles. The Balaban J connectivity index is 2.25. The van der Waals surface area contributed by atoms with Crippen LogP contribution in [0.3, 0.4) is 0 Å². The first-order valence-corrected chi connectivity index (χ1v) is 5.71. The fourth-order valence-corrected chi connectivity index (χ4v) is 1.51. The highest BCUT2D eigenvalue weighted by Gasteiger charge is 2.06. The maximum atomic E-state index is 13.4. The fraction of sp³-hybridized carbons (Fsp3) is 0.0909. The van der Waals surface area contributed by atoms with Crippen molar-refractivity contribution in [1.29, 1.82) is 0 Å². The minimum atomic E-state index is -0.494. The lowest BCUT2D eigenvalue weighted by Gasteiger charge is -2.07. The number of aromatic nitrogens is 2. The van der Waals surface area contributed by atoms with Crippen molar-refractivity contribution in [3.8, 4) is 0 Å². The lowest BCUT2D eigenvalue weighted by Crippen LogP contribution is -2.02. The van der Waals surface area contributed by atoms with Gasteiger partial charge in [-0.2, -0.15) is 4.98 Å². The standard InChI is InChI=1S/C11H10BrFN4/c1-14-11-15-6-9(13)10(17-11)16-8-4-2-7(12)3-5-8/h2-6H,1H3,(H2,14,15,16,17). The summed E-state index contributed by atoms with van der Waals surface area (Å²) in [6.45, 7) is 0. The van der Waals surface area contributed by atoms with Crippen LogP contribution in [0, 0.1) is 5.82 Å². The normalized spacial score (nSPS) is 10.1. The van der Waals surface area contributed by atoms with E-state index in [1.807, 2.05) is 24.3 Å². The van der Waals surface area contributed by atoms with Crippen LogP contribution in [0.4, 0.5) is 21.8 Å². The number of hydrogen-bond acceptors (Lipinski definition) is 4. The van der Waals surface area contributed by atoms with Crippen LogP contribution in [0.25, 0.3) is 0 Å². The molecule has 0 saturated heterocycles. The van der Waals surface area contributed by atoms with Crippen LogP contribution in [0.2, 0.25) is 0 Å². The number of hydrogen-bond donors (Lipinski definition) is 2. The van der Waals surface area contributed by atoms with E-state index in [0.29, 0.717) is 5.95 Å². The number of nitrogens with zero attached hydrogens (tertiary/aromatic N) is 2. The van der Waals surface area contributed by atoms with Crippen LogP contribution in [-0.4, -0.2) is 17.0 Å². The number of nitrogens with one attached hydrogen (secondary N) is 2. The monoisotopic (exact) mass is 296 g/mol. The largest absolute Gasteiger partial charge is 0.357 e. The van der Waals surface area contributed by atoms with Gasteiger partial charge in [0.2, 0.25) is 5.95 Å². The average molecular weight is 297 g/mol. The average Bonchev–Trinajstić information content (AvgIpc) is 2.35. The molecule has 2 N–H and O–H groups in total. The van der Waals surface area contributed by atoms with E-state index in [9.17, 15) is 4.39 Å². The molecule has 1 aromatic carbocycles. The van der Waals surface area contributed by atoms with Crippen molar-refractivity contribution in [3.63, 3.8) is 0 Å². The van der Waals surface area contributed by atoms with E-state index in [-0.39, 0.29) is 5.82 Å². The van der Waals surface area contributed by atoms with Gasteiger partial charge in [0.25, 0.3) is 0 Å². The van der Waals surface area contributed by atoms with Crippen molar-refractivity contribution in [1.82, 2.24) is 9.97 Å². The molecule has 0 saturated carbocycles. The predicted molar refractivity (Wildman–Crippen MR) is 69.0 cm³/mol. The first kappa shape index (κ1) is 11.8. The Morgan fingerprint density at radius 1 is 1.24 bits per heavy atom. The van der Waals surface area contributed by atoms with Crippen LogP contribution in [0.1, 0.15) is 0 Å². The molecule has 2 aromatic rings. The van der Waals surface area contributed by atoms with E-state index < -0.39 is 5.82 Å². The van der Waals surface area contributed by atoms with E-state index in [2.05, 4.69) is 36.5 Å². The minimum Gasteiger partial charge on any atom is -0.357 e. The van der Waals surface area contributed by atoms with E-state index >= 15 is 0 Å². The molecule has 17 heavy (non-hydrogen) atoms. The molecule has 2 rings (SSSR count). The van der Waals surface area contributed by atoms with Crippen molar-refractivity contribution in [2.75, 3.05) is 17.7 Å². The summed E-state index contributed by atoms with van der Waals surface area (Å²) in [7, 11) is 1.68. The first-order chi connectivity index (χ1) is 8.19. The minimum absolute atomic E-state index is 0.145. The topological polar surface area (TPSA) is 49.8 Å². The molecule has 0 aliphatic rings. The van der Waals surface area contributed by atoms with Crippen LogP contribution in [-0.2, 0) is 0 Å². The van der Waals surface area contributed by atoms with Gasteiger partial charge in [-0.05, 0) is 24.3 Å². The second kappa shape index (κ2) is 5.09. The third-order valence-electron chi connectivity index (χ3n) is 2.07. The van der Waals surface area contributed by atoms with E-state index in [1.54, 1.807) is 7.05 Å². The maximum Gasteiger partial charge on any atom is 0.224 e. The van der Waals surface area contributed by atoms with Crippen LogP contribution >= 0.6 is 15.9 Å². The molecular weight excluding hydrogens is 287 g/mol. The lowest BCUT2D eigenvalue weighted by molar-refractivity contribution is 0.619. The zero-order valence-corrected chi connectivity index (χ0v) is 10.6. The first-order valence-electron chi connectivity index (χ1n) is 4.92. The van der Waals surface area contributed by atoms with E-state index in [0.717, 1.165) is 16.4 Å². The van der Waals surface area contributed by atoms with Gasteiger partial charge in [-0.25, -0.2) is 9.37 Å². The number of benzene rings is 1. The van der Waals surface area contributed by atoms with Gasteiger partial charge in [0.05, 0.1) is 6.20 Å². The molecule has 1 heterocycles. The molecule has 0 spiro atoms. The molecule has 0 radical (unpaired) electrons. The quantitative estimate of drug-likeness (QED) is 0.913. The highest BCUT2D eigenvalue weighted by atomic mass is 79.9. The molecular formula is C11H10BrFN4. The third-order valence-corrected chi connectivity index (χ3v) is 2.60. The SMILES string of the molecule is CNc1ncc(F)c(Nc2ccc(Br)cc2)n1. The molecule has 0 unspecified atom stereocenters. The summed E-state index contributed by atoms with van der Waals surface area (Å²) in [6, 6.07) is 7.37. The Bertz CT molecular complexity index is 515. The Kier molecular flexibility index (Phi) is 3.53. The molecule has 0 aliphatic carbocycles. The highest BCUT2D eigenvalue weighted by molar-refractivity contribution is 9.10. The third kappa shape index (κ3) is 2.91. The summed E-state index contributed by atoms with van der Waals surface area (Å²) >= 11 is 3.33. The summed E-state index contributed by atoms with van der Waals surface area (Å²) < 4.78 is 14.4. The van der Waals surface area contributed by atoms with E-state index in [4.69, 9.17) is 0 Å². The van der Waals surface area contributed by atoms with Crippen LogP contribution < -0.4 is 10.6 Å². The molecule has 88 valence electrons. The predicted octanol–water partition coefficient (Wildman–Crippen LogP) is 3.16. The number of rotatable bonds is 3. The van der Waals surface area contributed by atoms with Gasteiger partial charge in [-0.1, -0.05) is 15.9 Å². The fourth-order valence-electron chi connectivity index (χ4n) is 1.25. The van der Waals surface area contributed by atoms with Crippen LogP contribution in [0.5, 0.6) is 0 Å². The number of halogens is 2. The second-order valence-corrected chi connectivity index (χ2v) is 4.19. The van der Waals surface area contributed by atoms with Crippen molar-refractivity contribution in [2.24, 2.45) is 0 Å². The van der Waals surface area contributed by atoms with Crippen molar-refractivity contribution < 1.29 is 4.39 Å². The Morgan fingerprint density at radius 3 is 2.59 bits per heavy atom. The van der Waals surface area contributed by atoms with Gasteiger partial charge in [0.1, 0.15) is 0 Å². The highest BCUT2D eigenvalue weighted by Crippen LogP contribution is 2.20. The van der Waals surface area contributed by atoms with Gasteiger partial charge in [-0.3, -0.25) is 0 Å². The van der Waals surface area contributed by atoms with Gasteiger partial charge in [0, 0.05) is 17.2 Å². The van der Waals surface area contributed by atoms with E-state index in [1.165, 1.54) is 0 Å².